The van der Waals surface area contributed by atoms with Gasteiger partial charge in [0.15, 0.2) is 5.78 Å². The van der Waals surface area contributed by atoms with Crippen LogP contribution in [0.25, 0.3) is 0 Å². The Balaban J connectivity index is 2.32. The molecule has 98 valence electrons. The highest BCUT2D eigenvalue weighted by Gasteiger charge is 2.20. The van der Waals surface area contributed by atoms with Gasteiger partial charge in [-0.1, -0.05) is 0 Å². The van der Waals surface area contributed by atoms with Gasteiger partial charge in [0.1, 0.15) is 5.69 Å². The average Bonchev–Trinajstić information content (AvgIpc) is 2.81. The van der Waals surface area contributed by atoms with Crippen molar-refractivity contribution in [2.75, 3.05) is 6.61 Å². The second-order valence-electron chi connectivity index (χ2n) is 3.99. The number of aromatic nitrogens is 2. The van der Waals surface area contributed by atoms with E-state index in [4.69, 9.17) is 4.74 Å². The molecule has 0 saturated heterocycles. The molecule has 0 saturated carbocycles. The molecule has 2 aromatic heterocycles. The van der Waals surface area contributed by atoms with E-state index in [-0.39, 0.29) is 5.78 Å². The lowest BCUT2D eigenvalue weighted by Gasteiger charge is -2.02. The number of carbonyl (C=O) groups is 2. The van der Waals surface area contributed by atoms with E-state index >= 15 is 0 Å². The molecular weight excluding hydrogens is 244 g/mol. The van der Waals surface area contributed by atoms with E-state index in [1.54, 1.807) is 38.4 Å². The van der Waals surface area contributed by atoms with Crippen LogP contribution in [-0.4, -0.2) is 28.3 Å². The van der Waals surface area contributed by atoms with Crippen molar-refractivity contribution in [2.45, 2.75) is 13.8 Å². The molecule has 0 aliphatic carbocycles. The maximum Gasteiger partial charge on any atom is 0.355 e. The molecule has 19 heavy (non-hydrogen) atoms. The van der Waals surface area contributed by atoms with Gasteiger partial charge >= 0.3 is 5.97 Å². The van der Waals surface area contributed by atoms with Gasteiger partial charge in [0, 0.05) is 29.7 Å². The number of rotatable bonds is 4. The number of H-pyrrole nitrogens is 1. The minimum absolute atomic E-state index is 0.147. The van der Waals surface area contributed by atoms with Crippen molar-refractivity contribution in [1.29, 1.82) is 0 Å². The summed E-state index contributed by atoms with van der Waals surface area (Å²) in [5.74, 6) is -0.597. The zero-order chi connectivity index (χ0) is 13.8. The zero-order valence-corrected chi connectivity index (χ0v) is 10.8. The number of ketones is 1. The number of carbonyl (C=O) groups excluding carboxylic acids is 2. The molecule has 0 amide bonds. The number of esters is 1. The molecule has 0 aromatic carbocycles. The van der Waals surface area contributed by atoms with Crippen molar-refractivity contribution in [3.63, 3.8) is 0 Å². The van der Waals surface area contributed by atoms with Gasteiger partial charge in [-0.2, -0.15) is 0 Å². The first-order valence-corrected chi connectivity index (χ1v) is 5.95. The SMILES string of the molecule is CCOC(=O)c1[nH]cc(C(=O)c2ccncc2)c1C. The van der Waals surface area contributed by atoms with E-state index in [1.807, 2.05) is 0 Å². The highest BCUT2D eigenvalue weighted by atomic mass is 16.5. The van der Waals surface area contributed by atoms with Crippen LogP contribution in [0.2, 0.25) is 0 Å². The zero-order valence-electron chi connectivity index (χ0n) is 10.8. The lowest BCUT2D eigenvalue weighted by atomic mass is 10.0. The predicted molar refractivity (Wildman–Crippen MR) is 69.2 cm³/mol. The molecule has 0 aliphatic heterocycles. The van der Waals surface area contributed by atoms with Crippen LogP contribution in [0.5, 0.6) is 0 Å². The number of aromatic amines is 1. The van der Waals surface area contributed by atoms with Crippen molar-refractivity contribution in [3.05, 3.63) is 53.1 Å². The third-order valence-corrected chi connectivity index (χ3v) is 2.81. The Hall–Kier alpha value is -2.43. The van der Waals surface area contributed by atoms with Crippen LogP contribution in [-0.2, 0) is 4.74 Å². The molecule has 0 fully saturated rings. The fraction of sp³-hybridized carbons (Fsp3) is 0.214. The largest absolute Gasteiger partial charge is 0.461 e. The fourth-order valence-electron chi connectivity index (χ4n) is 1.81. The van der Waals surface area contributed by atoms with Crippen molar-refractivity contribution in [1.82, 2.24) is 9.97 Å². The van der Waals surface area contributed by atoms with Crippen molar-refractivity contribution >= 4 is 11.8 Å². The van der Waals surface area contributed by atoms with Crippen LogP contribution in [0.15, 0.2) is 30.7 Å². The standard InChI is InChI=1S/C14H14N2O3/c1-3-19-14(18)12-9(2)11(8-16-12)13(17)10-4-6-15-7-5-10/h4-8,16H,3H2,1-2H3. The Kier molecular flexibility index (Phi) is 3.75. The highest BCUT2D eigenvalue weighted by molar-refractivity contribution is 6.11. The molecule has 2 rings (SSSR count). The van der Waals surface area contributed by atoms with E-state index in [2.05, 4.69) is 9.97 Å². The molecule has 0 spiro atoms. The maximum atomic E-state index is 12.3. The number of pyridine rings is 1. The first-order valence-electron chi connectivity index (χ1n) is 5.95. The Morgan fingerprint density at radius 2 is 2.00 bits per heavy atom. The predicted octanol–water partition coefficient (Wildman–Crippen LogP) is 2.13. The number of nitrogens with zero attached hydrogens (tertiary/aromatic N) is 1. The summed E-state index contributed by atoms with van der Waals surface area (Å²) in [5, 5.41) is 0. The Morgan fingerprint density at radius 1 is 1.32 bits per heavy atom. The monoisotopic (exact) mass is 258 g/mol. The van der Waals surface area contributed by atoms with E-state index in [0.717, 1.165) is 0 Å². The molecule has 1 N–H and O–H groups in total. The molecule has 0 atom stereocenters. The lowest BCUT2D eigenvalue weighted by molar-refractivity contribution is 0.0519. The molecule has 0 radical (unpaired) electrons. The molecular formula is C14H14N2O3. The van der Waals surface area contributed by atoms with E-state index in [9.17, 15) is 9.59 Å². The molecule has 5 nitrogen and oxygen atoms in total. The summed E-state index contributed by atoms with van der Waals surface area (Å²) in [6.07, 6.45) is 4.65. The Labute approximate surface area is 110 Å². The second-order valence-corrected chi connectivity index (χ2v) is 3.99. The van der Waals surface area contributed by atoms with Gasteiger partial charge < -0.3 is 9.72 Å². The minimum atomic E-state index is -0.450. The normalized spacial score (nSPS) is 10.2. The minimum Gasteiger partial charge on any atom is -0.461 e. The summed E-state index contributed by atoms with van der Waals surface area (Å²) in [6, 6.07) is 3.28. The Bertz CT molecular complexity index is 602. The maximum absolute atomic E-state index is 12.3. The van der Waals surface area contributed by atoms with Gasteiger partial charge in [-0.25, -0.2) is 4.79 Å². The van der Waals surface area contributed by atoms with Crippen LogP contribution >= 0.6 is 0 Å². The number of nitrogens with one attached hydrogen (secondary N) is 1. The van der Waals surface area contributed by atoms with Crippen LogP contribution in [0, 0.1) is 6.92 Å². The van der Waals surface area contributed by atoms with Crippen LogP contribution in [0.1, 0.15) is 38.9 Å². The molecule has 2 aromatic rings. The number of hydrogen-bond acceptors (Lipinski definition) is 4. The first-order chi connectivity index (χ1) is 9.15. The summed E-state index contributed by atoms with van der Waals surface area (Å²) in [6.45, 7) is 3.75. The molecule has 0 bridgehead atoms. The van der Waals surface area contributed by atoms with Crippen molar-refractivity contribution in [3.8, 4) is 0 Å². The molecule has 5 heteroatoms. The summed E-state index contributed by atoms with van der Waals surface area (Å²) < 4.78 is 4.92. The molecule has 0 unspecified atom stereocenters. The van der Waals surface area contributed by atoms with Gasteiger partial charge in [-0.3, -0.25) is 9.78 Å². The van der Waals surface area contributed by atoms with Crippen LogP contribution in [0.3, 0.4) is 0 Å². The van der Waals surface area contributed by atoms with E-state index < -0.39 is 5.97 Å². The second kappa shape index (κ2) is 5.48. The number of ether oxygens (including phenoxy) is 1. The van der Waals surface area contributed by atoms with Gasteiger partial charge in [-0.15, -0.1) is 0 Å². The van der Waals surface area contributed by atoms with Gasteiger partial charge in [0.05, 0.1) is 6.61 Å². The third-order valence-electron chi connectivity index (χ3n) is 2.81. The van der Waals surface area contributed by atoms with Crippen molar-refractivity contribution in [2.24, 2.45) is 0 Å². The summed E-state index contributed by atoms with van der Waals surface area (Å²) >= 11 is 0. The number of hydrogen-bond donors (Lipinski definition) is 1. The lowest BCUT2D eigenvalue weighted by Crippen LogP contribution is -2.08. The van der Waals surface area contributed by atoms with Gasteiger partial charge in [0.2, 0.25) is 0 Å². The quantitative estimate of drug-likeness (QED) is 0.673. The van der Waals surface area contributed by atoms with Crippen molar-refractivity contribution < 1.29 is 14.3 Å². The summed E-state index contributed by atoms with van der Waals surface area (Å²) in [4.78, 5) is 30.6. The van der Waals surface area contributed by atoms with E-state index in [0.29, 0.717) is 29.0 Å². The first kappa shape index (κ1) is 13.0. The third kappa shape index (κ3) is 2.54. The average molecular weight is 258 g/mol. The summed E-state index contributed by atoms with van der Waals surface area (Å²) in [7, 11) is 0. The van der Waals surface area contributed by atoms with Crippen LogP contribution in [0.4, 0.5) is 0 Å². The van der Waals surface area contributed by atoms with Crippen LogP contribution < -0.4 is 0 Å². The fourth-order valence-corrected chi connectivity index (χ4v) is 1.81. The Morgan fingerprint density at radius 3 is 2.63 bits per heavy atom. The van der Waals surface area contributed by atoms with E-state index in [1.165, 1.54) is 6.20 Å². The molecule has 2 heterocycles. The molecule has 0 aliphatic rings. The smallest absolute Gasteiger partial charge is 0.355 e. The van der Waals surface area contributed by atoms with Gasteiger partial charge in [0.25, 0.3) is 0 Å². The summed E-state index contributed by atoms with van der Waals surface area (Å²) in [5.41, 5.74) is 1.92. The highest BCUT2D eigenvalue weighted by Crippen LogP contribution is 2.17. The topological polar surface area (TPSA) is 72.1 Å². The van der Waals surface area contributed by atoms with Gasteiger partial charge in [-0.05, 0) is 31.5 Å².